The van der Waals surface area contributed by atoms with E-state index in [2.05, 4.69) is 9.72 Å². The Kier molecular flexibility index (Phi) is 4.07. The highest BCUT2D eigenvalue weighted by Gasteiger charge is 2.15. The molecule has 0 aliphatic carbocycles. The van der Waals surface area contributed by atoms with Gasteiger partial charge in [0.25, 0.3) is 5.69 Å². The zero-order chi connectivity index (χ0) is 17.1. The van der Waals surface area contributed by atoms with Gasteiger partial charge in [0.2, 0.25) is 0 Å². The zero-order valence-corrected chi connectivity index (χ0v) is 12.6. The van der Waals surface area contributed by atoms with Crippen molar-refractivity contribution in [2.24, 2.45) is 0 Å². The molecule has 0 aliphatic heterocycles. The zero-order valence-electron chi connectivity index (χ0n) is 12.6. The van der Waals surface area contributed by atoms with Crippen molar-refractivity contribution in [1.82, 2.24) is 4.98 Å². The Morgan fingerprint density at radius 2 is 1.83 bits per heavy atom. The number of pyridine rings is 1. The lowest BCUT2D eigenvalue weighted by Gasteiger charge is -2.09. The summed E-state index contributed by atoms with van der Waals surface area (Å²) < 4.78 is 10.4. The van der Waals surface area contributed by atoms with Crippen LogP contribution in [0.25, 0.3) is 10.8 Å². The number of carbonyl (C=O) groups is 1. The summed E-state index contributed by atoms with van der Waals surface area (Å²) in [6, 6.07) is 11.0. The van der Waals surface area contributed by atoms with Crippen molar-refractivity contribution in [3.63, 3.8) is 0 Å². The van der Waals surface area contributed by atoms with Gasteiger partial charge >= 0.3 is 5.97 Å². The van der Waals surface area contributed by atoms with E-state index in [4.69, 9.17) is 4.74 Å². The lowest BCUT2D eigenvalue weighted by Crippen LogP contribution is -2.00. The van der Waals surface area contributed by atoms with E-state index in [9.17, 15) is 14.9 Å². The maximum absolute atomic E-state index is 11.4. The van der Waals surface area contributed by atoms with Crippen LogP contribution in [0.5, 0.6) is 11.5 Å². The van der Waals surface area contributed by atoms with E-state index in [0.717, 1.165) is 0 Å². The van der Waals surface area contributed by atoms with Gasteiger partial charge in [0.05, 0.1) is 23.0 Å². The number of nitrogens with zero attached hydrogens (tertiary/aromatic N) is 2. The second kappa shape index (κ2) is 6.33. The maximum atomic E-state index is 11.4. The van der Waals surface area contributed by atoms with Gasteiger partial charge in [0.1, 0.15) is 11.5 Å². The molecule has 1 aromatic heterocycles. The van der Waals surface area contributed by atoms with Crippen molar-refractivity contribution in [1.29, 1.82) is 0 Å². The van der Waals surface area contributed by atoms with Gasteiger partial charge in [-0.3, -0.25) is 15.1 Å². The van der Waals surface area contributed by atoms with Crippen LogP contribution in [-0.4, -0.2) is 23.0 Å². The average Bonchev–Trinajstić information content (AvgIpc) is 2.61. The van der Waals surface area contributed by atoms with E-state index in [1.54, 1.807) is 36.5 Å². The maximum Gasteiger partial charge on any atom is 0.337 e. The number of aromatic nitrogens is 1. The van der Waals surface area contributed by atoms with E-state index in [1.807, 2.05) is 0 Å². The van der Waals surface area contributed by atoms with Crippen LogP contribution in [0.15, 0.2) is 54.9 Å². The molecule has 0 saturated carbocycles. The Hall–Kier alpha value is -3.48. The topological polar surface area (TPSA) is 91.6 Å². The minimum absolute atomic E-state index is 0.0357. The fourth-order valence-electron chi connectivity index (χ4n) is 2.30. The van der Waals surface area contributed by atoms with E-state index >= 15 is 0 Å². The highest BCUT2D eigenvalue weighted by atomic mass is 16.6. The normalized spacial score (nSPS) is 10.4. The molecule has 2 aromatic carbocycles. The van der Waals surface area contributed by atoms with Gasteiger partial charge in [-0.1, -0.05) is 0 Å². The second-order valence-corrected chi connectivity index (χ2v) is 4.88. The van der Waals surface area contributed by atoms with Crippen molar-refractivity contribution < 1.29 is 19.2 Å². The molecule has 3 rings (SSSR count). The molecule has 0 saturated heterocycles. The van der Waals surface area contributed by atoms with Crippen LogP contribution in [0.1, 0.15) is 10.4 Å². The summed E-state index contributed by atoms with van der Waals surface area (Å²) in [6.45, 7) is 0. The first kappa shape index (κ1) is 15.4. The van der Waals surface area contributed by atoms with Crippen molar-refractivity contribution >= 4 is 22.4 Å². The van der Waals surface area contributed by atoms with Gasteiger partial charge in [-0.25, -0.2) is 4.79 Å². The lowest BCUT2D eigenvalue weighted by molar-refractivity contribution is -0.383. The molecule has 7 heteroatoms. The third-order valence-corrected chi connectivity index (χ3v) is 3.45. The molecule has 0 spiro atoms. The van der Waals surface area contributed by atoms with Crippen LogP contribution in [-0.2, 0) is 4.74 Å². The number of non-ortho nitro benzene ring substituents is 1. The number of fused-ring (bicyclic) bond motifs is 1. The molecule has 0 bridgehead atoms. The molecule has 0 N–H and O–H groups in total. The molecule has 0 amide bonds. The standard InChI is InChI=1S/C17H12N2O5/c1-23-17(20)11-2-4-12(5-3-11)24-16-7-6-15(19(21)22)14-10-18-9-8-13(14)16/h2-10H,1H3. The molecule has 0 unspecified atom stereocenters. The highest BCUT2D eigenvalue weighted by Crippen LogP contribution is 2.34. The smallest absolute Gasteiger partial charge is 0.337 e. The lowest BCUT2D eigenvalue weighted by atomic mass is 10.1. The van der Waals surface area contributed by atoms with E-state index in [-0.39, 0.29) is 5.69 Å². The van der Waals surface area contributed by atoms with Crippen LogP contribution in [0.2, 0.25) is 0 Å². The third-order valence-electron chi connectivity index (χ3n) is 3.45. The molecule has 0 atom stereocenters. The largest absolute Gasteiger partial charge is 0.465 e. The summed E-state index contributed by atoms with van der Waals surface area (Å²) in [5, 5.41) is 12.1. The van der Waals surface area contributed by atoms with Gasteiger partial charge in [0, 0.05) is 23.8 Å². The molecule has 7 nitrogen and oxygen atoms in total. The number of methoxy groups -OCH3 is 1. The Labute approximate surface area is 136 Å². The Morgan fingerprint density at radius 3 is 2.50 bits per heavy atom. The summed E-state index contributed by atoms with van der Waals surface area (Å²) in [7, 11) is 1.31. The minimum Gasteiger partial charge on any atom is -0.465 e. The minimum atomic E-state index is -0.459. The summed E-state index contributed by atoms with van der Waals surface area (Å²) in [5.74, 6) is 0.520. The first-order valence-corrected chi connectivity index (χ1v) is 6.97. The number of nitro benzene ring substituents is 1. The predicted molar refractivity (Wildman–Crippen MR) is 86.3 cm³/mol. The molecule has 24 heavy (non-hydrogen) atoms. The molecular formula is C17H12N2O5. The first-order chi connectivity index (χ1) is 11.6. The number of nitro groups is 1. The summed E-state index contributed by atoms with van der Waals surface area (Å²) in [4.78, 5) is 26.0. The molecule has 0 fully saturated rings. The molecule has 0 aliphatic rings. The van der Waals surface area contributed by atoms with Crippen LogP contribution in [0, 0.1) is 10.1 Å². The van der Waals surface area contributed by atoms with E-state index in [1.165, 1.54) is 25.4 Å². The first-order valence-electron chi connectivity index (χ1n) is 6.97. The number of rotatable bonds is 4. The number of ether oxygens (including phenoxy) is 2. The molecule has 1 heterocycles. The number of hydrogen-bond acceptors (Lipinski definition) is 6. The SMILES string of the molecule is COC(=O)c1ccc(Oc2ccc([N+](=O)[O-])c3cnccc23)cc1. The quantitative estimate of drug-likeness (QED) is 0.412. The third kappa shape index (κ3) is 2.87. The predicted octanol–water partition coefficient (Wildman–Crippen LogP) is 3.72. The highest BCUT2D eigenvalue weighted by molar-refractivity contribution is 5.95. The van der Waals surface area contributed by atoms with Gasteiger partial charge in [-0.05, 0) is 36.4 Å². The monoisotopic (exact) mass is 324 g/mol. The fraction of sp³-hybridized carbons (Fsp3) is 0.0588. The van der Waals surface area contributed by atoms with Crippen molar-refractivity contribution in [2.45, 2.75) is 0 Å². The van der Waals surface area contributed by atoms with Crippen LogP contribution >= 0.6 is 0 Å². The van der Waals surface area contributed by atoms with Crippen molar-refractivity contribution in [2.75, 3.05) is 7.11 Å². The van der Waals surface area contributed by atoms with Crippen molar-refractivity contribution in [3.8, 4) is 11.5 Å². The van der Waals surface area contributed by atoms with Gasteiger partial charge in [0.15, 0.2) is 0 Å². The number of hydrogen-bond donors (Lipinski definition) is 0. The molecular weight excluding hydrogens is 312 g/mol. The summed E-state index contributed by atoms with van der Waals surface area (Å²) in [5.41, 5.74) is 0.370. The molecule has 120 valence electrons. The van der Waals surface area contributed by atoms with Crippen LogP contribution in [0.3, 0.4) is 0 Å². The number of esters is 1. The van der Waals surface area contributed by atoms with Gasteiger partial charge in [-0.2, -0.15) is 0 Å². The Morgan fingerprint density at radius 1 is 1.08 bits per heavy atom. The Balaban J connectivity index is 1.97. The summed E-state index contributed by atoms with van der Waals surface area (Å²) >= 11 is 0. The Bertz CT molecular complexity index is 922. The average molecular weight is 324 g/mol. The van der Waals surface area contributed by atoms with Gasteiger partial charge < -0.3 is 9.47 Å². The van der Waals surface area contributed by atoms with Gasteiger partial charge in [-0.15, -0.1) is 0 Å². The number of benzene rings is 2. The van der Waals surface area contributed by atoms with E-state index < -0.39 is 10.9 Å². The van der Waals surface area contributed by atoms with Crippen LogP contribution < -0.4 is 4.74 Å². The van der Waals surface area contributed by atoms with Crippen molar-refractivity contribution in [3.05, 3.63) is 70.5 Å². The van der Waals surface area contributed by atoms with E-state index in [0.29, 0.717) is 27.8 Å². The number of carbonyl (C=O) groups excluding carboxylic acids is 1. The van der Waals surface area contributed by atoms with Crippen LogP contribution in [0.4, 0.5) is 5.69 Å². The molecule has 0 radical (unpaired) electrons. The second-order valence-electron chi connectivity index (χ2n) is 4.88. The summed E-state index contributed by atoms with van der Waals surface area (Å²) in [6.07, 6.45) is 2.97. The molecule has 3 aromatic rings. The fourth-order valence-corrected chi connectivity index (χ4v) is 2.30.